The Morgan fingerprint density at radius 2 is 2.17 bits per heavy atom. The SMILES string of the molecule is COc1ccc(/C=N\NC(=O)c2cccn(C)c2=O)c(Cl)c1O. The molecule has 0 aliphatic heterocycles. The average Bonchev–Trinajstić information content (AvgIpc) is 2.54. The summed E-state index contributed by atoms with van der Waals surface area (Å²) in [5.41, 5.74) is 2.16. The third-order valence-corrected chi connectivity index (χ3v) is 3.46. The summed E-state index contributed by atoms with van der Waals surface area (Å²) in [4.78, 5) is 23.7. The van der Waals surface area contributed by atoms with Crippen molar-refractivity contribution in [1.82, 2.24) is 9.99 Å². The molecule has 1 aromatic carbocycles. The van der Waals surface area contributed by atoms with Crippen molar-refractivity contribution >= 4 is 23.7 Å². The summed E-state index contributed by atoms with van der Waals surface area (Å²) in [5, 5.41) is 13.6. The minimum absolute atomic E-state index is 0.0316. The molecular weight excluding hydrogens is 322 g/mol. The Labute approximate surface area is 136 Å². The molecule has 0 atom stereocenters. The minimum atomic E-state index is -0.642. The van der Waals surface area contributed by atoms with Crippen LogP contribution in [0, 0.1) is 0 Å². The highest BCUT2D eigenvalue weighted by Gasteiger charge is 2.11. The molecular formula is C15H14ClN3O4. The van der Waals surface area contributed by atoms with Crippen molar-refractivity contribution in [2.45, 2.75) is 0 Å². The highest BCUT2D eigenvalue weighted by atomic mass is 35.5. The molecule has 7 nitrogen and oxygen atoms in total. The largest absolute Gasteiger partial charge is 0.503 e. The zero-order valence-electron chi connectivity index (χ0n) is 12.4. The molecule has 8 heteroatoms. The first kappa shape index (κ1) is 16.6. The van der Waals surface area contributed by atoms with E-state index in [4.69, 9.17) is 16.3 Å². The van der Waals surface area contributed by atoms with Crippen molar-refractivity contribution < 1.29 is 14.6 Å². The number of aromatic nitrogens is 1. The monoisotopic (exact) mass is 335 g/mol. The van der Waals surface area contributed by atoms with Gasteiger partial charge in [-0.25, -0.2) is 5.43 Å². The predicted octanol–water partition coefficient (Wildman–Crippen LogP) is 1.52. The number of aromatic hydroxyl groups is 1. The summed E-state index contributed by atoms with van der Waals surface area (Å²) in [6, 6.07) is 6.06. The van der Waals surface area contributed by atoms with Gasteiger partial charge in [-0.1, -0.05) is 11.6 Å². The molecule has 23 heavy (non-hydrogen) atoms. The molecule has 0 saturated carbocycles. The van der Waals surface area contributed by atoms with E-state index in [-0.39, 0.29) is 22.1 Å². The highest BCUT2D eigenvalue weighted by molar-refractivity contribution is 6.34. The van der Waals surface area contributed by atoms with Gasteiger partial charge in [0.2, 0.25) is 0 Å². The van der Waals surface area contributed by atoms with E-state index < -0.39 is 11.5 Å². The molecule has 0 spiro atoms. The van der Waals surface area contributed by atoms with Gasteiger partial charge < -0.3 is 14.4 Å². The maximum Gasteiger partial charge on any atom is 0.276 e. The molecule has 0 aliphatic rings. The molecule has 2 rings (SSSR count). The van der Waals surface area contributed by atoms with Crippen molar-refractivity contribution in [2.24, 2.45) is 12.1 Å². The van der Waals surface area contributed by atoms with Gasteiger partial charge >= 0.3 is 0 Å². The summed E-state index contributed by atoms with van der Waals surface area (Å²) in [5.74, 6) is -0.637. The maximum absolute atomic E-state index is 11.9. The van der Waals surface area contributed by atoms with Gasteiger partial charge in [0.05, 0.1) is 18.3 Å². The van der Waals surface area contributed by atoms with Crippen molar-refractivity contribution in [3.8, 4) is 11.5 Å². The lowest BCUT2D eigenvalue weighted by Crippen LogP contribution is -2.29. The fourth-order valence-corrected chi connectivity index (χ4v) is 2.02. The molecule has 0 unspecified atom stereocenters. The second kappa shape index (κ2) is 6.97. The van der Waals surface area contributed by atoms with Gasteiger partial charge in [-0.05, 0) is 24.3 Å². The van der Waals surface area contributed by atoms with Gasteiger partial charge in [-0.3, -0.25) is 9.59 Å². The number of methoxy groups -OCH3 is 1. The lowest BCUT2D eigenvalue weighted by molar-refractivity contribution is 0.0953. The van der Waals surface area contributed by atoms with Crippen LogP contribution in [-0.4, -0.2) is 28.9 Å². The molecule has 0 saturated heterocycles. The third-order valence-electron chi connectivity index (χ3n) is 3.07. The van der Waals surface area contributed by atoms with Crippen LogP contribution in [-0.2, 0) is 7.05 Å². The molecule has 1 amide bonds. The maximum atomic E-state index is 11.9. The number of carbonyl (C=O) groups is 1. The van der Waals surface area contributed by atoms with Gasteiger partial charge in [-0.15, -0.1) is 0 Å². The molecule has 2 aromatic rings. The average molecular weight is 336 g/mol. The first-order valence-electron chi connectivity index (χ1n) is 6.50. The van der Waals surface area contributed by atoms with E-state index in [1.165, 1.54) is 30.0 Å². The van der Waals surface area contributed by atoms with E-state index in [1.54, 1.807) is 25.4 Å². The number of hydrogen-bond acceptors (Lipinski definition) is 5. The molecule has 0 aliphatic carbocycles. The van der Waals surface area contributed by atoms with Crippen molar-refractivity contribution in [3.63, 3.8) is 0 Å². The number of nitrogens with one attached hydrogen (secondary N) is 1. The number of carbonyl (C=O) groups excluding carboxylic acids is 1. The Morgan fingerprint density at radius 3 is 2.87 bits per heavy atom. The fraction of sp³-hybridized carbons (Fsp3) is 0.133. The standard InChI is InChI=1S/C15H14ClN3O4/c1-19-7-3-4-10(15(19)22)14(21)18-17-8-9-5-6-11(23-2)13(20)12(9)16/h3-8,20H,1-2H3,(H,18,21)/b17-8-. The highest BCUT2D eigenvalue weighted by Crippen LogP contribution is 2.35. The number of rotatable bonds is 4. The van der Waals surface area contributed by atoms with E-state index in [2.05, 4.69) is 10.5 Å². The van der Waals surface area contributed by atoms with Crippen molar-refractivity contribution in [2.75, 3.05) is 7.11 Å². The zero-order chi connectivity index (χ0) is 17.0. The normalized spacial score (nSPS) is 10.7. The van der Waals surface area contributed by atoms with Crippen LogP contribution < -0.4 is 15.7 Å². The first-order chi connectivity index (χ1) is 11.0. The topological polar surface area (TPSA) is 92.9 Å². The molecule has 2 N–H and O–H groups in total. The van der Waals surface area contributed by atoms with Crippen molar-refractivity contribution in [1.29, 1.82) is 0 Å². The van der Waals surface area contributed by atoms with Crippen molar-refractivity contribution in [3.05, 3.63) is 57.0 Å². The number of hydrogen-bond donors (Lipinski definition) is 2. The lowest BCUT2D eigenvalue weighted by atomic mass is 10.2. The number of amides is 1. The molecule has 1 heterocycles. The number of hydrazone groups is 1. The summed E-state index contributed by atoms with van der Waals surface area (Å²) in [6.45, 7) is 0. The smallest absolute Gasteiger partial charge is 0.276 e. The molecule has 120 valence electrons. The summed E-state index contributed by atoms with van der Waals surface area (Å²) < 4.78 is 6.21. The van der Waals surface area contributed by atoms with Crippen LogP contribution in [0.2, 0.25) is 5.02 Å². The van der Waals surface area contributed by atoms with E-state index in [0.29, 0.717) is 5.56 Å². The van der Waals surface area contributed by atoms with Gasteiger partial charge in [0, 0.05) is 18.8 Å². The number of nitrogens with zero attached hydrogens (tertiary/aromatic N) is 2. The molecule has 0 fully saturated rings. The molecule has 0 bridgehead atoms. The van der Waals surface area contributed by atoms with E-state index >= 15 is 0 Å². The summed E-state index contributed by atoms with van der Waals surface area (Å²) in [6.07, 6.45) is 2.80. The van der Waals surface area contributed by atoms with E-state index in [9.17, 15) is 14.7 Å². The summed E-state index contributed by atoms with van der Waals surface area (Å²) >= 11 is 5.97. The number of pyridine rings is 1. The van der Waals surface area contributed by atoms with Crippen LogP contribution in [0.4, 0.5) is 0 Å². The van der Waals surface area contributed by atoms with Crippen LogP contribution in [0.25, 0.3) is 0 Å². The third kappa shape index (κ3) is 3.51. The Kier molecular flexibility index (Phi) is 5.02. The second-order valence-corrected chi connectivity index (χ2v) is 4.93. The molecule has 0 radical (unpaired) electrons. The van der Waals surface area contributed by atoms with Crippen LogP contribution in [0.5, 0.6) is 11.5 Å². The second-order valence-electron chi connectivity index (χ2n) is 4.56. The first-order valence-corrected chi connectivity index (χ1v) is 6.88. The van der Waals surface area contributed by atoms with Crippen LogP contribution in [0.3, 0.4) is 0 Å². The minimum Gasteiger partial charge on any atom is -0.503 e. The number of phenolic OH excluding ortho intramolecular Hbond substituents is 1. The number of halogens is 1. The Hall–Kier alpha value is -2.80. The van der Waals surface area contributed by atoms with Crippen LogP contribution >= 0.6 is 11.6 Å². The Bertz CT molecular complexity index is 830. The van der Waals surface area contributed by atoms with E-state index in [1.807, 2.05) is 0 Å². The molecule has 1 aromatic heterocycles. The van der Waals surface area contributed by atoms with Gasteiger partial charge in [0.25, 0.3) is 11.5 Å². The Balaban J connectivity index is 2.16. The Morgan fingerprint density at radius 1 is 1.43 bits per heavy atom. The van der Waals surface area contributed by atoms with Gasteiger partial charge in [0.15, 0.2) is 11.5 Å². The predicted molar refractivity (Wildman–Crippen MR) is 86.4 cm³/mol. The number of ether oxygens (including phenoxy) is 1. The summed E-state index contributed by atoms with van der Waals surface area (Å²) in [7, 11) is 2.95. The number of benzene rings is 1. The lowest BCUT2D eigenvalue weighted by Gasteiger charge is -2.06. The van der Waals surface area contributed by atoms with Gasteiger partial charge in [0.1, 0.15) is 5.56 Å². The van der Waals surface area contributed by atoms with Gasteiger partial charge in [-0.2, -0.15) is 5.10 Å². The quantitative estimate of drug-likeness (QED) is 0.654. The number of phenols is 1. The van der Waals surface area contributed by atoms with Crippen LogP contribution in [0.1, 0.15) is 15.9 Å². The fourth-order valence-electron chi connectivity index (χ4n) is 1.82. The van der Waals surface area contributed by atoms with Crippen LogP contribution in [0.15, 0.2) is 40.4 Å². The number of aryl methyl sites for hydroxylation is 1. The van der Waals surface area contributed by atoms with E-state index in [0.717, 1.165) is 0 Å². The zero-order valence-corrected chi connectivity index (χ0v) is 13.2.